The smallest absolute Gasteiger partial charge is 0.321 e. The molecule has 0 atom stereocenters. The van der Waals surface area contributed by atoms with Crippen LogP contribution in [0.25, 0.3) is 11.3 Å². The fraction of sp³-hybridized carbons (Fsp3) is 0.320. The van der Waals surface area contributed by atoms with Gasteiger partial charge < -0.3 is 24.6 Å². The van der Waals surface area contributed by atoms with Crippen LogP contribution in [-0.2, 0) is 6.42 Å². The van der Waals surface area contributed by atoms with Crippen LogP contribution in [0.15, 0.2) is 54.9 Å². The summed E-state index contributed by atoms with van der Waals surface area (Å²) < 4.78 is 10.7. The number of methoxy groups -OCH3 is 2. The van der Waals surface area contributed by atoms with E-state index >= 15 is 0 Å². The minimum absolute atomic E-state index is 0.0655. The summed E-state index contributed by atoms with van der Waals surface area (Å²) in [6.45, 7) is 4.73. The molecular weight excluding hydrogens is 418 g/mol. The molecule has 172 valence electrons. The number of nitrogens with one attached hydrogen (secondary N) is 1. The average molecular weight is 448 g/mol. The fourth-order valence-corrected chi connectivity index (χ4v) is 3.96. The van der Waals surface area contributed by atoms with E-state index in [1.54, 1.807) is 20.5 Å². The van der Waals surface area contributed by atoms with Gasteiger partial charge in [-0.15, -0.1) is 0 Å². The monoisotopic (exact) mass is 447 g/mol. The van der Waals surface area contributed by atoms with Gasteiger partial charge in [0.25, 0.3) is 0 Å². The first kappa shape index (κ1) is 22.4. The molecule has 4 rings (SSSR count). The number of amides is 2. The lowest BCUT2D eigenvalue weighted by Gasteiger charge is -2.35. The third-order valence-electron chi connectivity index (χ3n) is 5.86. The molecule has 1 saturated heterocycles. The first-order valence-corrected chi connectivity index (χ1v) is 11.1. The highest BCUT2D eigenvalue weighted by molar-refractivity contribution is 5.90. The molecule has 8 heteroatoms. The lowest BCUT2D eigenvalue weighted by molar-refractivity contribution is 0.208. The summed E-state index contributed by atoms with van der Waals surface area (Å²) in [4.78, 5) is 25.7. The van der Waals surface area contributed by atoms with E-state index in [1.165, 1.54) is 0 Å². The summed E-state index contributed by atoms with van der Waals surface area (Å²) in [5, 5.41) is 3.06. The minimum Gasteiger partial charge on any atom is -0.493 e. The molecule has 1 fully saturated rings. The van der Waals surface area contributed by atoms with Crippen molar-refractivity contribution in [1.29, 1.82) is 0 Å². The predicted molar refractivity (Wildman–Crippen MR) is 129 cm³/mol. The largest absolute Gasteiger partial charge is 0.493 e. The van der Waals surface area contributed by atoms with E-state index in [-0.39, 0.29) is 6.03 Å². The Morgan fingerprint density at radius 3 is 2.45 bits per heavy atom. The van der Waals surface area contributed by atoms with E-state index in [0.29, 0.717) is 37.7 Å². The molecule has 1 aromatic heterocycles. The lowest BCUT2D eigenvalue weighted by atomic mass is 10.1. The van der Waals surface area contributed by atoms with Crippen molar-refractivity contribution in [3.8, 4) is 22.8 Å². The van der Waals surface area contributed by atoms with Gasteiger partial charge in [0.2, 0.25) is 0 Å². The van der Waals surface area contributed by atoms with Crippen molar-refractivity contribution in [1.82, 2.24) is 14.9 Å². The van der Waals surface area contributed by atoms with Crippen LogP contribution in [0, 0.1) is 0 Å². The van der Waals surface area contributed by atoms with Crippen molar-refractivity contribution in [2.75, 3.05) is 50.6 Å². The fourth-order valence-electron chi connectivity index (χ4n) is 3.96. The second-order valence-corrected chi connectivity index (χ2v) is 7.75. The molecule has 0 bridgehead atoms. The first-order valence-electron chi connectivity index (χ1n) is 11.1. The molecule has 33 heavy (non-hydrogen) atoms. The standard InChI is InChI=1S/C25H29N5O3/c1-4-18-7-5-6-8-20(18)28-25(31)30-13-11-29(12-14-30)24-16-21(26-17-27-24)19-9-10-22(32-2)23(15-19)33-3/h5-10,15-17H,4,11-14H2,1-3H3,(H,28,31). The first-order chi connectivity index (χ1) is 16.1. The normalized spacial score (nSPS) is 13.5. The number of hydrogen-bond acceptors (Lipinski definition) is 6. The maximum Gasteiger partial charge on any atom is 0.321 e. The highest BCUT2D eigenvalue weighted by Crippen LogP contribution is 2.32. The van der Waals surface area contributed by atoms with Crippen LogP contribution in [0.3, 0.4) is 0 Å². The Labute approximate surface area is 194 Å². The molecule has 1 aliphatic rings. The topological polar surface area (TPSA) is 79.8 Å². The van der Waals surface area contributed by atoms with Crippen LogP contribution in [0.4, 0.5) is 16.3 Å². The molecular formula is C25H29N5O3. The molecule has 0 unspecified atom stereocenters. The average Bonchev–Trinajstić information content (AvgIpc) is 2.88. The summed E-state index contributed by atoms with van der Waals surface area (Å²) in [6.07, 6.45) is 2.45. The quantitative estimate of drug-likeness (QED) is 0.613. The molecule has 0 spiro atoms. The molecule has 2 amide bonds. The Hall–Kier alpha value is -3.81. The lowest BCUT2D eigenvalue weighted by Crippen LogP contribution is -2.50. The van der Waals surface area contributed by atoms with E-state index in [4.69, 9.17) is 9.47 Å². The van der Waals surface area contributed by atoms with Gasteiger partial charge in [0.15, 0.2) is 11.5 Å². The van der Waals surface area contributed by atoms with Gasteiger partial charge in [0, 0.05) is 43.5 Å². The molecule has 8 nitrogen and oxygen atoms in total. The number of urea groups is 1. The minimum atomic E-state index is -0.0655. The second kappa shape index (κ2) is 10.2. The van der Waals surface area contributed by atoms with Crippen molar-refractivity contribution in [3.63, 3.8) is 0 Å². The van der Waals surface area contributed by atoms with E-state index in [0.717, 1.165) is 34.7 Å². The zero-order valence-corrected chi connectivity index (χ0v) is 19.2. The number of rotatable bonds is 6. The van der Waals surface area contributed by atoms with Crippen molar-refractivity contribution in [2.45, 2.75) is 13.3 Å². The number of nitrogens with zero attached hydrogens (tertiary/aromatic N) is 4. The zero-order chi connectivity index (χ0) is 23.2. The number of ether oxygens (including phenoxy) is 2. The summed E-state index contributed by atoms with van der Waals surface area (Å²) in [6, 6.07) is 15.5. The molecule has 1 aliphatic heterocycles. The maximum atomic E-state index is 12.8. The maximum absolute atomic E-state index is 12.8. The number of anilines is 2. The van der Waals surface area contributed by atoms with Crippen LogP contribution in [-0.4, -0.2) is 61.3 Å². The number of aryl methyl sites for hydroxylation is 1. The number of hydrogen-bond donors (Lipinski definition) is 1. The Kier molecular flexibility index (Phi) is 6.92. The number of carbonyl (C=O) groups excluding carboxylic acids is 1. The molecule has 0 aliphatic carbocycles. The molecule has 3 aromatic rings. The zero-order valence-electron chi connectivity index (χ0n) is 19.2. The van der Waals surface area contributed by atoms with E-state index in [2.05, 4.69) is 27.1 Å². The van der Waals surface area contributed by atoms with Crippen LogP contribution >= 0.6 is 0 Å². The summed E-state index contributed by atoms with van der Waals surface area (Å²) >= 11 is 0. The number of benzene rings is 2. The SMILES string of the molecule is CCc1ccccc1NC(=O)N1CCN(c2cc(-c3ccc(OC)c(OC)c3)ncn2)CC1. The van der Waals surface area contributed by atoms with Gasteiger partial charge >= 0.3 is 6.03 Å². The number of carbonyl (C=O) groups is 1. The third kappa shape index (κ3) is 5.00. The number of piperazine rings is 1. The molecule has 0 radical (unpaired) electrons. The summed E-state index contributed by atoms with van der Waals surface area (Å²) in [7, 11) is 3.23. The van der Waals surface area contributed by atoms with Gasteiger partial charge in [-0.3, -0.25) is 0 Å². The third-order valence-corrected chi connectivity index (χ3v) is 5.86. The predicted octanol–water partition coefficient (Wildman–Crippen LogP) is 4.08. The number of para-hydroxylation sites is 1. The van der Waals surface area contributed by atoms with Gasteiger partial charge in [-0.25, -0.2) is 14.8 Å². The molecule has 0 saturated carbocycles. The highest BCUT2D eigenvalue weighted by Gasteiger charge is 2.23. The van der Waals surface area contributed by atoms with E-state index in [1.807, 2.05) is 53.4 Å². The molecule has 2 aromatic carbocycles. The molecule has 1 N–H and O–H groups in total. The summed E-state index contributed by atoms with van der Waals surface area (Å²) in [5.41, 5.74) is 3.73. The van der Waals surface area contributed by atoms with Gasteiger partial charge in [-0.2, -0.15) is 0 Å². The van der Waals surface area contributed by atoms with Crippen LogP contribution < -0.4 is 19.7 Å². The van der Waals surface area contributed by atoms with Crippen LogP contribution in [0.1, 0.15) is 12.5 Å². The Bertz CT molecular complexity index is 1110. The van der Waals surface area contributed by atoms with E-state index in [9.17, 15) is 4.79 Å². The summed E-state index contributed by atoms with van der Waals surface area (Å²) in [5.74, 6) is 2.16. The van der Waals surface area contributed by atoms with Crippen LogP contribution in [0.2, 0.25) is 0 Å². The number of aromatic nitrogens is 2. The van der Waals surface area contributed by atoms with Crippen molar-refractivity contribution < 1.29 is 14.3 Å². The van der Waals surface area contributed by atoms with Gasteiger partial charge in [-0.1, -0.05) is 25.1 Å². The van der Waals surface area contributed by atoms with Crippen LogP contribution in [0.5, 0.6) is 11.5 Å². The molecule has 2 heterocycles. The van der Waals surface area contributed by atoms with Gasteiger partial charge in [0.1, 0.15) is 12.1 Å². The van der Waals surface area contributed by atoms with Gasteiger partial charge in [0.05, 0.1) is 19.9 Å². The Morgan fingerprint density at radius 1 is 0.970 bits per heavy atom. The van der Waals surface area contributed by atoms with Crippen molar-refractivity contribution in [2.24, 2.45) is 0 Å². The van der Waals surface area contributed by atoms with Gasteiger partial charge in [-0.05, 0) is 36.2 Å². The highest BCUT2D eigenvalue weighted by atomic mass is 16.5. The van der Waals surface area contributed by atoms with Crippen molar-refractivity contribution >= 4 is 17.5 Å². The van der Waals surface area contributed by atoms with E-state index < -0.39 is 0 Å². The Balaban J connectivity index is 1.42. The Morgan fingerprint density at radius 2 is 1.73 bits per heavy atom. The van der Waals surface area contributed by atoms with Crippen molar-refractivity contribution in [3.05, 3.63) is 60.4 Å². The second-order valence-electron chi connectivity index (χ2n) is 7.75.